The number of esters is 1. The summed E-state index contributed by atoms with van der Waals surface area (Å²) in [6.45, 7) is 4.01. The van der Waals surface area contributed by atoms with E-state index in [1.807, 2.05) is 42.5 Å². The highest BCUT2D eigenvalue weighted by atomic mass is 16.5. The maximum Gasteiger partial charge on any atom is 0.319 e. The lowest BCUT2D eigenvalue weighted by Gasteiger charge is -2.20. The molecule has 166 valence electrons. The summed E-state index contributed by atoms with van der Waals surface area (Å²) in [6.07, 6.45) is 3.28. The molecule has 0 radical (unpaired) electrons. The van der Waals surface area contributed by atoms with Crippen LogP contribution in [-0.4, -0.2) is 35.7 Å². The van der Waals surface area contributed by atoms with Gasteiger partial charge < -0.3 is 20.1 Å². The molecule has 0 saturated carbocycles. The van der Waals surface area contributed by atoms with Crippen molar-refractivity contribution >= 4 is 17.7 Å². The second kappa shape index (κ2) is 10.4. The zero-order valence-corrected chi connectivity index (χ0v) is 18.3. The molecule has 0 saturated heterocycles. The molecule has 0 spiro atoms. The molecule has 2 aromatic carbocycles. The maximum atomic E-state index is 12.1. The van der Waals surface area contributed by atoms with Crippen LogP contribution in [0.4, 0.5) is 10.5 Å². The Morgan fingerprint density at radius 1 is 0.938 bits per heavy atom. The van der Waals surface area contributed by atoms with Gasteiger partial charge in [0, 0.05) is 30.2 Å². The lowest BCUT2D eigenvalue weighted by atomic mass is 9.95. The number of ether oxygens (including phenoxy) is 2. The fourth-order valence-electron chi connectivity index (χ4n) is 2.82. The number of nitrogens with one attached hydrogen (secondary N) is 2. The fourth-order valence-corrected chi connectivity index (χ4v) is 2.82. The Balaban J connectivity index is 1.53. The molecule has 2 amide bonds. The zero-order chi connectivity index (χ0) is 23.0. The molecular formula is C24H26N4O4. The summed E-state index contributed by atoms with van der Waals surface area (Å²) in [5.41, 5.74) is 2.59. The third-order valence-electron chi connectivity index (χ3n) is 4.70. The summed E-state index contributed by atoms with van der Waals surface area (Å²) in [6, 6.07) is 16.9. The molecule has 0 unspecified atom stereocenters. The van der Waals surface area contributed by atoms with Gasteiger partial charge in [-0.05, 0) is 37.1 Å². The quantitative estimate of drug-likeness (QED) is 0.519. The van der Waals surface area contributed by atoms with Gasteiger partial charge in [0.1, 0.15) is 6.61 Å². The first kappa shape index (κ1) is 22.7. The fraction of sp³-hybridized carbons (Fsp3) is 0.250. The molecule has 0 aliphatic heterocycles. The van der Waals surface area contributed by atoms with E-state index in [1.54, 1.807) is 38.4 Å². The molecule has 2 N–H and O–H groups in total. The number of carbonyl (C=O) groups is 2. The molecule has 3 rings (SSSR count). The van der Waals surface area contributed by atoms with Gasteiger partial charge in [-0.1, -0.05) is 42.5 Å². The Labute approximate surface area is 187 Å². The van der Waals surface area contributed by atoms with E-state index in [9.17, 15) is 9.59 Å². The topological polar surface area (TPSA) is 102 Å². The van der Waals surface area contributed by atoms with Gasteiger partial charge in [0.2, 0.25) is 0 Å². The number of aromatic nitrogens is 2. The second-order valence-corrected chi connectivity index (χ2v) is 7.79. The van der Waals surface area contributed by atoms with Crippen LogP contribution in [0.5, 0.6) is 6.01 Å². The highest BCUT2D eigenvalue weighted by Crippen LogP contribution is 2.22. The number of rotatable bonds is 8. The molecule has 32 heavy (non-hydrogen) atoms. The van der Waals surface area contributed by atoms with Gasteiger partial charge in [-0.3, -0.25) is 4.79 Å². The molecule has 0 bridgehead atoms. The molecule has 8 nitrogen and oxygen atoms in total. The maximum absolute atomic E-state index is 12.1. The first-order valence-electron chi connectivity index (χ1n) is 10.1. The molecule has 1 heterocycles. The van der Waals surface area contributed by atoms with E-state index >= 15 is 0 Å². The molecule has 0 aliphatic rings. The van der Waals surface area contributed by atoms with Gasteiger partial charge in [0.15, 0.2) is 0 Å². The van der Waals surface area contributed by atoms with E-state index in [0.717, 1.165) is 16.7 Å². The van der Waals surface area contributed by atoms with Crippen LogP contribution in [0.25, 0.3) is 11.1 Å². The summed E-state index contributed by atoms with van der Waals surface area (Å²) >= 11 is 0. The Hall–Kier alpha value is -3.94. The van der Waals surface area contributed by atoms with E-state index in [4.69, 9.17) is 9.47 Å². The normalized spacial score (nSPS) is 10.8. The molecule has 8 heteroatoms. The summed E-state index contributed by atoms with van der Waals surface area (Å²) in [5.74, 6) is -0.364. The molecule has 1 aromatic heterocycles. The minimum Gasteiger partial charge on any atom is -0.469 e. The van der Waals surface area contributed by atoms with Gasteiger partial charge in [-0.25, -0.2) is 14.8 Å². The van der Waals surface area contributed by atoms with E-state index in [-0.39, 0.29) is 24.6 Å². The second-order valence-electron chi connectivity index (χ2n) is 7.79. The summed E-state index contributed by atoms with van der Waals surface area (Å²) in [7, 11) is 1.34. The number of hydrogen-bond donors (Lipinski definition) is 2. The van der Waals surface area contributed by atoms with Crippen LogP contribution < -0.4 is 15.4 Å². The molecule has 3 aromatic rings. The minimum atomic E-state index is -0.799. The summed E-state index contributed by atoms with van der Waals surface area (Å²) < 4.78 is 10.3. The number of nitrogens with zero attached hydrogens (tertiary/aromatic N) is 2. The van der Waals surface area contributed by atoms with Crippen LogP contribution in [-0.2, 0) is 16.1 Å². The zero-order valence-electron chi connectivity index (χ0n) is 18.3. The lowest BCUT2D eigenvalue weighted by molar-refractivity contribution is -0.152. The molecule has 0 fully saturated rings. The van der Waals surface area contributed by atoms with E-state index < -0.39 is 5.41 Å². The van der Waals surface area contributed by atoms with Crippen molar-refractivity contribution in [2.75, 3.05) is 19.0 Å². The lowest BCUT2D eigenvalue weighted by Crippen LogP contribution is -2.32. The number of amides is 2. The van der Waals surface area contributed by atoms with Crippen molar-refractivity contribution < 1.29 is 19.1 Å². The highest BCUT2D eigenvalue weighted by Gasteiger charge is 2.30. The van der Waals surface area contributed by atoms with Crippen molar-refractivity contribution in [3.05, 3.63) is 72.6 Å². The number of anilines is 1. The average Bonchev–Trinajstić information content (AvgIpc) is 2.82. The number of methoxy groups -OCH3 is 1. The third kappa shape index (κ3) is 6.28. The van der Waals surface area contributed by atoms with Crippen LogP contribution in [0.1, 0.15) is 19.4 Å². The SMILES string of the molecule is COC(=O)C(C)(C)COc1ncc(-c2ccc(NC(=O)NCc3ccccc3)cc2)cn1. The standard InChI is InChI=1S/C24H26N4O4/c1-24(2,21(29)31-3)16-32-23-26-14-19(15-27-23)18-9-11-20(12-10-18)28-22(30)25-13-17-7-5-4-6-8-17/h4-12,14-15H,13,16H2,1-3H3,(H2,25,28,30). The van der Waals surface area contributed by atoms with Gasteiger partial charge in [0.25, 0.3) is 0 Å². The Bertz CT molecular complexity index is 1040. The largest absolute Gasteiger partial charge is 0.469 e. The van der Waals surface area contributed by atoms with Crippen molar-refractivity contribution in [2.45, 2.75) is 20.4 Å². The average molecular weight is 434 g/mol. The van der Waals surface area contributed by atoms with Crippen LogP contribution in [0.2, 0.25) is 0 Å². The van der Waals surface area contributed by atoms with Crippen LogP contribution in [0.15, 0.2) is 67.0 Å². The number of carbonyl (C=O) groups excluding carboxylic acids is 2. The minimum absolute atomic E-state index is 0.103. The van der Waals surface area contributed by atoms with Gasteiger partial charge in [0.05, 0.1) is 12.5 Å². The smallest absolute Gasteiger partial charge is 0.319 e. The van der Waals surface area contributed by atoms with Crippen LogP contribution in [0, 0.1) is 5.41 Å². The summed E-state index contributed by atoms with van der Waals surface area (Å²) in [5, 5.41) is 5.63. The third-order valence-corrected chi connectivity index (χ3v) is 4.70. The van der Waals surface area contributed by atoms with Crippen molar-refractivity contribution in [1.82, 2.24) is 15.3 Å². The first-order chi connectivity index (χ1) is 15.4. The monoisotopic (exact) mass is 434 g/mol. The Morgan fingerprint density at radius 3 is 2.22 bits per heavy atom. The van der Waals surface area contributed by atoms with E-state index in [0.29, 0.717) is 12.2 Å². The van der Waals surface area contributed by atoms with Crippen molar-refractivity contribution in [3.8, 4) is 17.1 Å². The van der Waals surface area contributed by atoms with Crippen LogP contribution >= 0.6 is 0 Å². The van der Waals surface area contributed by atoms with Crippen molar-refractivity contribution in [3.63, 3.8) is 0 Å². The predicted octanol–water partition coefficient (Wildman–Crippen LogP) is 4.04. The van der Waals surface area contributed by atoms with Gasteiger partial charge in [-0.15, -0.1) is 0 Å². The van der Waals surface area contributed by atoms with Crippen LogP contribution in [0.3, 0.4) is 0 Å². The molecule has 0 aliphatic carbocycles. The van der Waals surface area contributed by atoms with E-state index in [2.05, 4.69) is 20.6 Å². The van der Waals surface area contributed by atoms with E-state index in [1.165, 1.54) is 7.11 Å². The number of benzene rings is 2. The van der Waals surface area contributed by atoms with Crippen molar-refractivity contribution in [1.29, 1.82) is 0 Å². The molecule has 0 atom stereocenters. The van der Waals surface area contributed by atoms with Crippen molar-refractivity contribution in [2.24, 2.45) is 5.41 Å². The Kier molecular flexibility index (Phi) is 7.38. The van der Waals surface area contributed by atoms with Gasteiger partial charge in [-0.2, -0.15) is 0 Å². The number of urea groups is 1. The Morgan fingerprint density at radius 2 is 1.59 bits per heavy atom. The van der Waals surface area contributed by atoms with Gasteiger partial charge >= 0.3 is 18.0 Å². The summed E-state index contributed by atoms with van der Waals surface area (Å²) in [4.78, 5) is 32.2. The number of hydrogen-bond acceptors (Lipinski definition) is 6. The first-order valence-corrected chi connectivity index (χ1v) is 10.1. The predicted molar refractivity (Wildman–Crippen MR) is 121 cm³/mol. The highest BCUT2D eigenvalue weighted by molar-refractivity contribution is 5.89. The molecular weight excluding hydrogens is 408 g/mol.